The molecule has 0 radical (unpaired) electrons. The van der Waals surface area contributed by atoms with Gasteiger partial charge >= 0.3 is 0 Å². The minimum Gasteiger partial charge on any atom is -0.366 e. The van der Waals surface area contributed by atoms with E-state index >= 15 is 0 Å². The van der Waals surface area contributed by atoms with Gasteiger partial charge in [0.2, 0.25) is 5.91 Å². The number of amides is 1. The fourth-order valence-electron chi connectivity index (χ4n) is 2.09. The summed E-state index contributed by atoms with van der Waals surface area (Å²) < 4.78 is 24.1. The van der Waals surface area contributed by atoms with Gasteiger partial charge in [0.15, 0.2) is 9.84 Å². The smallest absolute Gasteiger partial charge is 0.249 e. The first-order valence-corrected chi connectivity index (χ1v) is 9.29. The van der Waals surface area contributed by atoms with E-state index in [2.05, 4.69) is 0 Å². The molecule has 0 aliphatic heterocycles. The summed E-state index contributed by atoms with van der Waals surface area (Å²) in [5.74, 6) is -0.630. The first-order chi connectivity index (χ1) is 10.2. The van der Waals surface area contributed by atoms with Crippen molar-refractivity contribution < 1.29 is 13.2 Å². The van der Waals surface area contributed by atoms with Crippen LogP contribution in [-0.2, 0) is 9.84 Å². The third kappa shape index (κ3) is 3.51. The van der Waals surface area contributed by atoms with Crippen molar-refractivity contribution in [3.63, 3.8) is 0 Å². The molecule has 0 aliphatic rings. The van der Waals surface area contributed by atoms with E-state index in [0.717, 1.165) is 16.7 Å². The molecule has 22 heavy (non-hydrogen) atoms. The van der Waals surface area contributed by atoms with Crippen LogP contribution < -0.4 is 5.73 Å². The van der Waals surface area contributed by atoms with Gasteiger partial charge in [-0.2, -0.15) is 0 Å². The van der Waals surface area contributed by atoms with Gasteiger partial charge < -0.3 is 5.73 Å². The first kappa shape index (κ1) is 16.6. The van der Waals surface area contributed by atoms with Crippen molar-refractivity contribution in [3.05, 3.63) is 53.1 Å². The van der Waals surface area contributed by atoms with E-state index in [1.165, 1.54) is 17.8 Å². The van der Waals surface area contributed by atoms with Gasteiger partial charge in [0.05, 0.1) is 4.90 Å². The maximum atomic E-state index is 12.0. The zero-order valence-electron chi connectivity index (χ0n) is 12.6. The summed E-state index contributed by atoms with van der Waals surface area (Å²) in [6.07, 6.45) is 1.13. The lowest BCUT2D eigenvalue weighted by atomic mass is 10.1. The van der Waals surface area contributed by atoms with E-state index in [1.54, 1.807) is 13.0 Å². The highest BCUT2D eigenvalue weighted by Gasteiger charge is 2.19. The summed E-state index contributed by atoms with van der Waals surface area (Å²) in [5, 5.41) is 0. The van der Waals surface area contributed by atoms with E-state index in [4.69, 9.17) is 5.73 Å². The summed E-state index contributed by atoms with van der Waals surface area (Å²) in [5.41, 5.74) is 7.27. The normalized spacial score (nSPS) is 11.4. The van der Waals surface area contributed by atoms with Crippen molar-refractivity contribution in [3.8, 4) is 0 Å². The van der Waals surface area contributed by atoms with Crippen LogP contribution in [0.25, 0.3) is 0 Å². The van der Waals surface area contributed by atoms with Crippen LogP contribution in [0.1, 0.15) is 21.5 Å². The molecule has 0 saturated carbocycles. The fourth-order valence-corrected chi connectivity index (χ4v) is 4.43. The van der Waals surface area contributed by atoms with Crippen LogP contribution in [0.5, 0.6) is 0 Å². The Morgan fingerprint density at radius 2 is 1.68 bits per heavy atom. The number of rotatable bonds is 4. The molecule has 2 N–H and O–H groups in total. The Morgan fingerprint density at radius 3 is 2.23 bits per heavy atom. The standard InChI is InChI=1S/C16H17NO3S2/c1-10-6-4-5-7-13(10)21-14-8-11(2)12(16(17)18)9-15(14)22(3,19)20/h4-9H,1-3H3,(H2,17,18). The van der Waals surface area contributed by atoms with Gasteiger partial charge in [0.25, 0.3) is 0 Å². The highest BCUT2D eigenvalue weighted by molar-refractivity contribution is 8.00. The predicted molar refractivity (Wildman–Crippen MR) is 88.1 cm³/mol. The number of benzene rings is 2. The molecule has 0 aromatic heterocycles. The molecule has 4 nitrogen and oxygen atoms in total. The van der Waals surface area contributed by atoms with Crippen LogP contribution in [0.4, 0.5) is 0 Å². The van der Waals surface area contributed by atoms with Gasteiger partial charge in [-0.15, -0.1) is 0 Å². The summed E-state index contributed by atoms with van der Waals surface area (Å²) in [7, 11) is -3.47. The van der Waals surface area contributed by atoms with Crippen LogP contribution >= 0.6 is 11.8 Å². The van der Waals surface area contributed by atoms with Gasteiger partial charge in [0.1, 0.15) is 0 Å². The third-order valence-electron chi connectivity index (χ3n) is 3.27. The largest absolute Gasteiger partial charge is 0.366 e. The first-order valence-electron chi connectivity index (χ1n) is 6.58. The van der Waals surface area contributed by atoms with Gasteiger partial charge in [-0.1, -0.05) is 30.0 Å². The second kappa shape index (κ2) is 6.14. The lowest BCUT2D eigenvalue weighted by molar-refractivity contribution is 0.0999. The molecule has 0 bridgehead atoms. The number of carbonyl (C=O) groups is 1. The number of hydrogen-bond acceptors (Lipinski definition) is 4. The van der Waals surface area contributed by atoms with Crippen LogP contribution in [0, 0.1) is 13.8 Å². The van der Waals surface area contributed by atoms with Gasteiger partial charge in [0, 0.05) is 21.6 Å². The van der Waals surface area contributed by atoms with E-state index in [-0.39, 0.29) is 10.5 Å². The second-order valence-corrected chi connectivity index (χ2v) is 8.19. The van der Waals surface area contributed by atoms with Crippen molar-refractivity contribution in [1.82, 2.24) is 0 Å². The minimum atomic E-state index is -3.47. The molecular weight excluding hydrogens is 318 g/mol. The molecule has 2 aromatic rings. The average molecular weight is 335 g/mol. The molecule has 2 aromatic carbocycles. The Balaban J connectivity index is 2.63. The molecule has 0 heterocycles. The number of hydrogen-bond donors (Lipinski definition) is 1. The maximum absolute atomic E-state index is 12.0. The van der Waals surface area contributed by atoms with E-state index in [0.29, 0.717) is 10.5 Å². The van der Waals surface area contributed by atoms with Crippen molar-refractivity contribution in [2.24, 2.45) is 5.73 Å². The van der Waals surface area contributed by atoms with Crippen LogP contribution in [0.3, 0.4) is 0 Å². The summed E-state index contributed by atoms with van der Waals surface area (Å²) in [6.45, 7) is 3.71. The number of primary amides is 1. The molecule has 0 fully saturated rings. The fraction of sp³-hybridized carbons (Fsp3) is 0.188. The monoisotopic (exact) mass is 335 g/mol. The lowest BCUT2D eigenvalue weighted by Crippen LogP contribution is -2.14. The van der Waals surface area contributed by atoms with Crippen molar-refractivity contribution in [2.45, 2.75) is 28.5 Å². The van der Waals surface area contributed by atoms with Gasteiger partial charge in [-0.25, -0.2) is 8.42 Å². The van der Waals surface area contributed by atoms with Crippen molar-refractivity contribution in [2.75, 3.05) is 6.26 Å². The minimum absolute atomic E-state index is 0.125. The zero-order chi connectivity index (χ0) is 16.5. The Labute approximate surface area is 134 Å². The van der Waals surface area contributed by atoms with Crippen molar-refractivity contribution >= 4 is 27.5 Å². The highest BCUT2D eigenvalue weighted by atomic mass is 32.2. The molecule has 0 spiro atoms. The zero-order valence-corrected chi connectivity index (χ0v) is 14.2. The molecule has 6 heteroatoms. The van der Waals surface area contributed by atoms with E-state index < -0.39 is 15.7 Å². The van der Waals surface area contributed by atoms with Gasteiger partial charge in [-0.05, 0) is 43.2 Å². The Kier molecular flexibility index (Phi) is 4.63. The van der Waals surface area contributed by atoms with Crippen LogP contribution in [0.2, 0.25) is 0 Å². The topological polar surface area (TPSA) is 77.2 Å². The SMILES string of the molecule is Cc1ccccc1Sc1cc(C)c(C(N)=O)cc1S(C)(=O)=O. The summed E-state index contributed by atoms with van der Waals surface area (Å²) >= 11 is 1.37. The molecule has 0 unspecified atom stereocenters. The Hall–Kier alpha value is -1.79. The molecule has 2 rings (SSSR count). The number of aryl methyl sites for hydroxylation is 2. The molecule has 1 amide bonds. The second-order valence-electron chi connectivity index (χ2n) is 5.12. The summed E-state index contributed by atoms with van der Waals surface area (Å²) in [4.78, 5) is 13.1. The average Bonchev–Trinajstić information content (AvgIpc) is 2.39. The van der Waals surface area contributed by atoms with Crippen molar-refractivity contribution in [1.29, 1.82) is 0 Å². The van der Waals surface area contributed by atoms with Crippen LogP contribution in [0.15, 0.2) is 51.1 Å². The molecule has 116 valence electrons. The Bertz CT molecular complexity index is 842. The lowest BCUT2D eigenvalue weighted by Gasteiger charge is -2.13. The third-order valence-corrected chi connectivity index (χ3v) is 5.77. The highest BCUT2D eigenvalue weighted by Crippen LogP contribution is 2.36. The number of carbonyl (C=O) groups excluding carboxylic acids is 1. The van der Waals surface area contributed by atoms with Gasteiger partial charge in [-0.3, -0.25) is 4.79 Å². The Morgan fingerprint density at radius 1 is 1.05 bits per heavy atom. The molecule has 0 saturated heterocycles. The molecule has 0 atom stereocenters. The maximum Gasteiger partial charge on any atom is 0.249 e. The predicted octanol–water partition coefficient (Wildman–Crippen LogP) is 2.96. The molecular formula is C16H17NO3S2. The van der Waals surface area contributed by atoms with E-state index in [9.17, 15) is 13.2 Å². The van der Waals surface area contributed by atoms with E-state index in [1.807, 2.05) is 31.2 Å². The van der Waals surface area contributed by atoms with Crippen LogP contribution in [-0.4, -0.2) is 20.6 Å². The summed E-state index contributed by atoms with van der Waals surface area (Å²) in [6, 6.07) is 10.8. The number of nitrogens with two attached hydrogens (primary N) is 1. The quantitative estimate of drug-likeness (QED) is 0.932. The number of sulfone groups is 1. The molecule has 0 aliphatic carbocycles.